The zero-order chi connectivity index (χ0) is 21.1. The van der Waals surface area contributed by atoms with Gasteiger partial charge in [0, 0.05) is 48.3 Å². The van der Waals surface area contributed by atoms with E-state index in [0.29, 0.717) is 18.1 Å². The Morgan fingerprint density at radius 1 is 1.00 bits per heavy atom. The first kappa shape index (κ1) is 20.8. The van der Waals surface area contributed by atoms with Crippen LogP contribution in [0.2, 0.25) is 5.02 Å². The molecule has 1 N–H and O–H groups in total. The van der Waals surface area contributed by atoms with Crippen molar-refractivity contribution in [2.75, 3.05) is 54.0 Å². The second kappa shape index (κ2) is 9.10. The van der Waals surface area contributed by atoms with E-state index >= 15 is 0 Å². The van der Waals surface area contributed by atoms with Gasteiger partial charge in [-0.05, 0) is 55.5 Å². The lowest BCUT2D eigenvalue weighted by atomic mass is 10.2. The van der Waals surface area contributed by atoms with Gasteiger partial charge in [-0.3, -0.25) is 4.90 Å². The summed E-state index contributed by atoms with van der Waals surface area (Å²) in [5.74, 6) is 0. The Balaban J connectivity index is 1.33. The van der Waals surface area contributed by atoms with Gasteiger partial charge in [-0.2, -0.15) is 0 Å². The molecule has 0 aromatic heterocycles. The summed E-state index contributed by atoms with van der Waals surface area (Å²) >= 11 is 11.0. The molecule has 0 bridgehead atoms. The lowest BCUT2D eigenvalue weighted by molar-refractivity contribution is 0.143. The summed E-state index contributed by atoms with van der Waals surface area (Å²) in [5, 5.41) is 3.82. The number of ether oxygens (including phenoxy) is 1. The molecule has 0 radical (unpaired) electrons. The maximum Gasteiger partial charge on any atom is 0.414 e. The molecule has 158 valence electrons. The van der Waals surface area contributed by atoms with E-state index in [0.717, 1.165) is 42.6 Å². The number of halogens is 1. The van der Waals surface area contributed by atoms with Crippen molar-refractivity contribution in [2.45, 2.75) is 13.0 Å². The van der Waals surface area contributed by atoms with Gasteiger partial charge in [0.1, 0.15) is 6.10 Å². The van der Waals surface area contributed by atoms with Gasteiger partial charge in [0.25, 0.3) is 0 Å². The Labute approximate surface area is 187 Å². The number of carbonyl (C=O) groups is 1. The normalized spacial score (nSPS) is 19.1. The molecule has 2 aromatic carbocycles. The lowest BCUT2D eigenvalue weighted by Gasteiger charge is -2.37. The average Bonchev–Trinajstić information content (AvgIpc) is 3.14. The standard InChI is InChI=1S/C22H25ClN4O2S/c1-16(30)24-14-21-15-27(22(28)29-21)20-8-6-19(7-9-20)26-12-10-25(11-13-26)18-4-2-17(23)3-5-18/h2-9,21H,10-15H2,1H3,(H,24,30)/t21-/m0/s1. The first-order chi connectivity index (χ1) is 14.5. The molecule has 0 saturated carbocycles. The number of rotatable bonds is 5. The van der Waals surface area contributed by atoms with Crippen molar-refractivity contribution in [3.8, 4) is 0 Å². The summed E-state index contributed by atoms with van der Waals surface area (Å²) in [6.07, 6.45) is -0.510. The minimum absolute atomic E-state index is 0.198. The maximum absolute atomic E-state index is 12.2. The van der Waals surface area contributed by atoms with Crippen LogP contribution in [0.4, 0.5) is 21.9 Å². The van der Waals surface area contributed by atoms with E-state index in [-0.39, 0.29) is 12.2 Å². The van der Waals surface area contributed by atoms with E-state index in [1.54, 1.807) is 4.90 Å². The molecule has 6 nitrogen and oxygen atoms in total. The third kappa shape index (κ3) is 4.79. The summed E-state index contributed by atoms with van der Waals surface area (Å²) in [5.41, 5.74) is 3.22. The molecule has 1 atom stereocenters. The first-order valence-electron chi connectivity index (χ1n) is 10.1. The number of piperazine rings is 1. The molecule has 2 aliphatic heterocycles. The smallest absolute Gasteiger partial charge is 0.414 e. The van der Waals surface area contributed by atoms with Crippen LogP contribution in [-0.2, 0) is 4.74 Å². The Morgan fingerprint density at radius 2 is 1.50 bits per heavy atom. The number of amides is 1. The van der Waals surface area contributed by atoms with Crippen LogP contribution < -0.4 is 20.0 Å². The molecule has 0 unspecified atom stereocenters. The molecule has 2 aliphatic rings. The summed E-state index contributed by atoms with van der Waals surface area (Å²) < 4.78 is 5.43. The Kier molecular flexibility index (Phi) is 6.29. The van der Waals surface area contributed by atoms with Crippen molar-refractivity contribution < 1.29 is 9.53 Å². The van der Waals surface area contributed by atoms with Crippen LogP contribution in [0, 0.1) is 0 Å². The van der Waals surface area contributed by atoms with Crippen molar-refractivity contribution in [1.29, 1.82) is 0 Å². The fourth-order valence-electron chi connectivity index (χ4n) is 3.81. The van der Waals surface area contributed by atoms with Gasteiger partial charge in [-0.1, -0.05) is 23.8 Å². The molecule has 8 heteroatoms. The highest BCUT2D eigenvalue weighted by Gasteiger charge is 2.32. The van der Waals surface area contributed by atoms with Crippen LogP contribution >= 0.6 is 23.8 Å². The van der Waals surface area contributed by atoms with Crippen molar-refractivity contribution in [3.63, 3.8) is 0 Å². The van der Waals surface area contributed by atoms with Gasteiger partial charge in [-0.15, -0.1) is 0 Å². The second-order valence-corrected chi connectivity index (χ2v) is 8.57. The number of thiocarbonyl (C=S) groups is 1. The number of nitrogens with one attached hydrogen (secondary N) is 1. The van der Waals surface area contributed by atoms with Crippen LogP contribution in [-0.4, -0.2) is 56.5 Å². The Hall–Kier alpha value is -2.51. The largest absolute Gasteiger partial charge is 0.442 e. The topological polar surface area (TPSA) is 48.0 Å². The first-order valence-corrected chi connectivity index (χ1v) is 10.9. The second-order valence-electron chi connectivity index (χ2n) is 7.52. The number of hydrogen-bond acceptors (Lipinski definition) is 5. The highest BCUT2D eigenvalue weighted by atomic mass is 35.5. The monoisotopic (exact) mass is 444 g/mol. The molecule has 0 aliphatic carbocycles. The number of nitrogens with zero attached hydrogens (tertiary/aromatic N) is 3. The summed E-state index contributed by atoms with van der Waals surface area (Å²) in [6, 6.07) is 16.1. The third-order valence-electron chi connectivity index (χ3n) is 5.45. The highest BCUT2D eigenvalue weighted by Crippen LogP contribution is 2.26. The van der Waals surface area contributed by atoms with Gasteiger partial charge in [0.2, 0.25) is 0 Å². The molecular formula is C22H25ClN4O2S. The third-order valence-corrected chi connectivity index (χ3v) is 5.85. The fraction of sp³-hybridized carbons (Fsp3) is 0.364. The lowest BCUT2D eigenvalue weighted by Crippen LogP contribution is -2.46. The molecule has 0 spiro atoms. The molecule has 2 aromatic rings. The van der Waals surface area contributed by atoms with Crippen molar-refractivity contribution >= 4 is 52.0 Å². The van der Waals surface area contributed by atoms with Gasteiger partial charge in [0.05, 0.1) is 18.1 Å². The number of anilines is 3. The van der Waals surface area contributed by atoms with Crippen LogP contribution in [0.3, 0.4) is 0 Å². The van der Waals surface area contributed by atoms with E-state index in [9.17, 15) is 4.79 Å². The number of cyclic esters (lactones) is 1. The molecule has 2 saturated heterocycles. The van der Waals surface area contributed by atoms with Gasteiger partial charge in [0.15, 0.2) is 0 Å². The quantitative estimate of drug-likeness (QED) is 0.705. The molecular weight excluding hydrogens is 420 g/mol. The van der Waals surface area contributed by atoms with Crippen LogP contribution in [0.15, 0.2) is 48.5 Å². The number of hydrogen-bond donors (Lipinski definition) is 1. The van der Waals surface area contributed by atoms with Crippen molar-refractivity contribution in [2.24, 2.45) is 0 Å². The number of benzene rings is 2. The highest BCUT2D eigenvalue weighted by molar-refractivity contribution is 7.80. The molecule has 30 heavy (non-hydrogen) atoms. The van der Waals surface area contributed by atoms with E-state index in [1.165, 1.54) is 5.69 Å². The average molecular weight is 445 g/mol. The van der Waals surface area contributed by atoms with Gasteiger partial charge < -0.3 is 19.9 Å². The van der Waals surface area contributed by atoms with Crippen molar-refractivity contribution in [3.05, 3.63) is 53.6 Å². The molecule has 2 heterocycles. The predicted octanol–water partition coefficient (Wildman–Crippen LogP) is 3.93. The zero-order valence-corrected chi connectivity index (χ0v) is 18.5. The van der Waals surface area contributed by atoms with Gasteiger partial charge in [-0.25, -0.2) is 4.79 Å². The van der Waals surface area contributed by atoms with Crippen LogP contribution in [0.1, 0.15) is 6.92 Å². The van der Waals surface area contributed by atoms with Crippen LogP contribution in [0.25, 0.3) is 0 Å². The zero-order valence-electron chi connectivity index (χ0n) is 16.9. The summed E-state index contributed by atoms with van der Waals surface area (Å²) in [6.45, 7) is 6.67. The Morgan fingerprint density at radius 3 is 2.03 bits per heavy atom. The summed E-state index contributed by atoms with van der Waals surface area (Å²) in [4.78, 5) is 19.3. The minimum Gasteiger partial charge on any atom is -0.442 e. The van der Waals surface area contributed by atoms with Gasteiger partial charge >= 0.3 is 6.09 Å². The minimum atomic E-state index is -0.312. The van der Waals surface area contributed by atoms with E-state index in [1.807, 2.05) is 31.2 Å². The number of carbonyl (C=O) groups excluding carboxylic acids is 1. The molecule has 2 fully saturated rings. The van der Waals surface area contributed by atoms with E-state index < -0.39 is 0 Å². The van der Waals surface area contributed by atoms with E-state index in [4.69, 9.17) is 28.6 Å². The summed E-state index contributed by atoms with van der Waals surface area (Å²) in [7, 11) is 0. The van der Waals surface area contributed by atoms with Crippen molar-refractivity contribution in [1.82, 2.24) is 5.32 Å². The molecule has 1 amide bonds. The predicted molar refractivity (Wildman–Crippen MR) is 126 cm³/mol. The fourth-order valence-corrected chi connectivity index (χ4v) is 4.02. The molecule has 4 rings (SSSR count). The van der Waals surface area contributed by atoms with E-state index in [2.05, 4.69) is 39.4 Å². The Bertz CT molecular complexity index is 898. The SMILES string of the molecule is CC(=S)NC[C@H]1CN(c2ccc(N3CCN(c4ccc(Cl)cc4)CC3)cc2)C(=O)O1. The maximum atomic E-state index is 12.2. The van der Waals surface area contributed by atoms with Crippen LogP contribution in [0.5, 0.6) is 0 Å².